The van der Waals surface area contributed by atoms with Crippen LogP contribution in [0.25, 0.3) is 0 Å². The van der Waals surface area contributed by atoms with E-state index in [1.165, 1.54) is 0 Å². The normalized spacial score (nSPS) is 12.9. The van der Waals surface area contributed by atoms with Crippen molar-refractivity contribution in [3.8, 4) is 11.5 Å². The van der Waals surface area contributed by atoms with Crippen LogP contribution in [0.3, 0.4) is 0 Å². The van der Waals surface area contributed by atoms with Gasteiger partial charge in [0.25, 0.3) is 0 Å². The van der Waals surface area contributed by atoms with Crippen molar-refractivity contribution in [2.75, 3.05) is 20.3 Å². The minimum absolute atomic E-state index is 0.169. The molecule has 0 unspecified atom stereocenters. The van der Waals surface area contributed by atoms with Gasteiger partial charge in [0, 0.05) is 15.3 Å². The molecule has 0 heterocycles. The largest absolute Gasteiger partial charge is 0.532 e. The van der Waals surface area contributed by atoms with Crippen LogP contribution >= 0.6 is 22.6 Å². The Morgan fingerprint density at radius 3 is 2.28 bits per heavy atom. The van der Waals surface area contributed by atoms with Crippen molar-refractivity contribution in [1.82, 2.24) is 0 Å². The molecule has 5 nitrogen and oxygen atoms in total. The number of halogens is 1. The van der Waals surface area contributed by atoms with Crippen molar-refractivity contribution in [3.63, 3.8) is 0 Å². The average Bonchev–Trinajstić information content (AvgIpc) is 2.54. The van der Waals surface area contributed by atoms with Crippen LogP contribution in [0.2, 0.25) is 37.8 Å². The molecule has 1 aromatic carbocycles. The highest BCUT2D eigenvalue weighted by molar-refractivity contribution is 14.1. The zero-order valence-electron chi connectivity index (χ0n) is 19.3. The van der Waals surface area contributed by atoms with Gasteiger partial charge in [-0.25, -0.2) is 4.99 Å². The molecule has 0 aliphatic carbocycles. The summed E-state index contributed by atoms with van der Waals surface area (Å²) in [6.07, 6.45) is 1.72. The van der Waals surface area contributed by atoms with E-state index in [0.717, 1.165) is 9.13 Å². The van der Waals surface area contributed by atoms with E-state index in [1.54, 1.807) is 13.3 Å². The summed E-state index contributed by atoms with van der Waals surface area (Å²) >= 11 is 2.25. The molecule has 0 fully saturated rings. The Bertz CT molecular complexity index is 737. The molecule has 0 saturated heterocycles. The predicted molar refractivity (Wildman–Crippen MR) is 136 cm³/mol. The monoisotopic (exact) mass is 549 g/mol. The van der Waals surface area contributed by atoms with E-state index in [4.69, 9.17) is 18.3 Å². The number of rotatable bonds is 10. The summed E-state index contributed by atoms with van der Waals surface area (Å²) in [7, 11) is -1.91. The Morgan fingerprint density at radius 2 is 1.76 bits per heavy atom. The van der Waals surface area contributed by atoms with E-state index in [-0.39, 0.29) is 5.04 Å². The van der Waals surface area contributed by atoms with Crippen LogP contribution in [-0.4, -0.2) is 43.2 Å². The second kappa shape index (κ2) is 10.5. The van der Waals surface area contributed by atoms with E-state index < -0.39 is 16.6 Å². The lowest BCUT2D eigenvalue weighted by molar-refractivity contribution is 0.198. The van der Waals surface area contributed by atoms with Gasteiger partial charge in [0.2, 0.25) is 8.32 Å². The third-order valence-electron chi connectivity index (χ3n) is 4.64. The van der Waals surface area contributed by atoms with Crippen molar-refractivity contribution in [1.29, 1.82) is 0 Å². The van der Waals surface area contributed by atoms with Gasteiger partial charge < -0.3 is 18.3 Å². The molecular weight excluding hydrogens is 513 g/mol. The number of hydrogen-bond donors (Lipinski definition) is 0. The van der Waals surface area contributed by atoms with Gasteiger partial charge in [-0.2, -0.15) is 0 Å². The standard InChI is InChI=1S/C21H36INO4Si2/c1-16(27-28(6,7)8)23-15-17-13-18(22)14-19(24-5)20(17)25-11-12-26-29(9,10)21(2,3)4/h13-15H,1,11-12H2,2-10H3/b23-15+. The third-order valence-corrected chi connectivity index (χ3v) is 10.6. The zero-order valence-corrected chi connectivity index (χ0v) is 23.5. The Hall–Kier alpha value is -0.846. The highest BCUT2D eigenvalue weighted by Crippen LogP contribution is 2.37. The van der Waals surface area contributed by atoms with Gasteiger partial charge in [-0.3, -0.25) is 0 Å². The van der Waals surface area contributed by atoms with Gasteiger partial charge >= 0.3 is 0 Å². The van der Waals surface area contributed by atoms with Gasteiger partial charge in [0.15, 0.2) is 25.7 Å². The van der Waals surface area contributed by atoms with Gasteiger partial charge in [0.05, 0.1) is 13.7 Å². The molecule has 0 radical (unpaired) electrons. The average molecular weight is 550 g/mol. The maximum atomic E-state index is 6.21. The maximum absolute atomic E-state index is 6.21. The van der Waals surface area contributed by atoms with Crippen LogP contribution in [0.1, 0.15) is 26.3 Å². The first-order valence-corrected chi connectivity index (χ1v) is 17.1. The molecule has 0 amide bonds. The number of benzene rings is 1. The lowest BCUT2D eigenvalue weighted by Gasteiger charge is -2.36. The van der Waals surface area contributed by atoms with E-state index in [0.29, 0.717) is 30.6 Å². The van der Waals surface area contributed by atoms with Crippen molar-refractivity contribution in [3.05, 3.63) is 33.7 Å². The van der Waals surface area contributed by atoms with E-state index >= 15 is 0 Å². The summed E-state index contributed by atoms with van der Waals surface area (Å²) in [5, 5.41) is 0.169. The topological polar surface area (TPSA) is 49.3 Å². The Morgan fingerprint density at radius 1 is 1.14 bits per heavy atom. The summed E-state index contributed by atoms with van der Waals surface area (Å²) in [6.45, 7) is 22.3. The summed E-state index contributed by atoms with van der Waals surface area (Å²) in [5.74, 6) is 1.73. The fourth-order valence-corrected chi connectivity index (χ4v) is 4.57. The maximum Gasteiger partial charge on any atom is 0.244 e. The molecule has 164 valence electrons. The highest BCUT2D eigenvalue weighted by Gasteiger charge is 2.36. The lowest BCUT2D eigenvalue weighted by Crippen LogP contribution is -2.41. The Kier molecular flexibility index (Phi) is 9.44. The molecule has 0 saturated carbocycles. The van der Waals surface area contributed by atoms with E-state index in [1.807, 2.05) is 12.1 Å². The van der Waals surface area contributed by atoms with Crippen LogP contribution in [0.15, 0.2) is 29.6 Å². The van der Waals surface area contributed by atoms with Crippen LogP contribution in [-0.2, 0) is 8.85 Å². The number of ether oxygens (including phenoxy) is 2. The summed E-state index contributed by atoms with van der Waals surface area (Å²) in [6, 6.07) is 3.94. The van der Waals surface area contributed by atoms with E-state index in [2.05, 4.69) is 87.7 Å². The molecule has 0 bridgehead atoms. The second-order valence-electron chi connectivity index (χ2n) is 9.35. The zero-order chi connectivity index (χ0) is 22.5. The van der Waals surface area contributed by atoms with Crippen molar-refractivity contribution >= 4 is 45.4 Å². The lowest BCUT2D eigenvalue weighted by atomic mass is 10.2. The van der Waals surface area contributed by atoms with Crippen LogP contribution in [0.5, 0.6) is 11.5 Å². The van der Waals surface area contributed by atoms with E-state index in [9.17, 15) is 0 Å². The molecule has 0 aliphatic heterocycles. The fraction of sp³-hybridized carbons (Fsp3) is 0.571. The molecule has 1 aromatic rings. The van der Waals surface area contributed by atoms with Crippen molar-refractivity contribution in [2.24, 2.45) is 4.99 Å². The van der Waals surface area contributed by atoms with Crippen LogP contribution < -0.4 is 9.47 Å². The Labute approximate surface area is 192 Å². The molecule has 0 aromatic heterocycles. The first-order valence-electron chi connectivity index (χ1n) is 9.72. The summed E-state index contributed by atoms with van der Waals surface area (Å²) in [4.78, 5) is 4.39. The quantitative estimate of drug-likeness (QED) is 0.111. The van der Waals surface area contributed by atoms with Crippen LogP contribution in [0.4, 0.5) is 0 Å². The molecular formula is C21H36INO4Si2. The van der Waals surface area contributed by atoms with Gasteiger partial charge in [-0.05, 0) is 79.1 Å². The van der Waals surface area contributed by atoms with Gasteiger partial charge in [0.1, 0.15) is 6.61 Å². The minimum atomic E-state index is -1.80. The summed E-state index contributed by atoms with van der Waals surface area (Å²) in [5.41, 5.74) is 0.821. The fourth-order valence-electron chi connectivity index (χ4n) is 2.17. The number of aliphatic imine (C=N–C) groups is 1. The molecule has 29 heavy (non-hydrogen) atoms. The molecule has 0 aliphatic rings. The van der Waals surface area contributed by atoms with Crippen molar-refractivity contribution < 1.29 is 18.3 Å². The molecule has 0 N–H and O–H groups in total. The second-order valence-corrected chi connectivity index (χ2v) is 19.8. The number of hydrogen-bond acceptors (Lipinski definition) is 5. The number of nitrogens with zero attached hydrogens (tertiary/aromatic N) is 1. The SMILES string of the molecule is C=C(/N=C/c1cc(I)cc(OC)c1OCCO[Si](C)(C)C(C)(C)C)O[Si](C)(C)C. The highest BCUT2D eigenvalue weighted by atomic mass is 127. The van der Waals surface area contributed by atoms with Crippen LogP contribution in [0, 0.1) is 3.57 Å². The first-order chi connectivity index (χ1) is 13.2. The first kappa shape index (κ1) is 26.2. The Balaban J connectivity index is 2.94. The summed E-state index contributed by atoms with van der Waals surface area (Å²) < 4.78 is 24.7. The van der Waals surface area contributed by atoms with Crippen molar-refractivity contribution in [2.45, 2.75) is 58.5 Å². The molecule has 0 spiro atoms. The third kappa shape index (κ3) is 8.81. The smallest absolute Gasteiger partial charge is 0.244 e. The predicted octanol–water partition coefficient (Wildman–Crippen LogP) is 6.44. The minimum Gasteiger partial charge on any atom is -0.532 e. The molecule has 1 rings (SSSR count). The van der Waals surface area contributed by atoms with Gasteiger partial charge in [-0.15, -0.1) is 0 Å². The molecule has 0 atom stereocenters. The number of methoxy groups -OCH3 is 1. The molecule has 8 heteroatoms. The van der Waals surface area contributed by atoms with Gasteiger partial charge in [-0.1, -0.05) is 20.8 Å².